The number of benzene rings is 1. The zero-order valence-corrected chi connectivity index (χ0v) is 16.4. The van der Waals surface area contributed by atoms with Gasteiger partial charge in [-0.15, -0.1) is 0 Å². The normalized spacial score (nSPS) is 17.6. The van der Waals surface area contributed by atoms with Gasteiger partial charge in [-0.1, -0.05) is 36.4 Å². The number of likely N-dealkylation sites (tertiary alicyclic amines) is 1. The van der Waals surface area contributed by atoms with Crippen molar-refractivity contribution in [3.8, 4) is 22.5 Å². The van der Waals surface area contributed by atoms with E-state index in [1.54, 1.807) is 0 Å². The van der Waals surface area contributed by atoms with E-state index in [1.165, 1.54) is 0 Å². The molecule has 1 saturated heterocycles. The Labute approximate surface area is 168 Å². The lowest BCUT2D eigenvalue weighted by molar-refractivity contribution is 0.250. The van der Waals surface area contributed by atoms with Crippen LogP contribution in [0.5, 0.6) is 0 Å². The van der Waals surface area contributed by atoms with Crippen LogP contribution in [0.1, 0.15) is 24.3 Å². The van der Waals surface area contributed by atoms with Crippen molar-refractivity contribution in [3.63, 3.8) is 0 Å². The van der Waals surface area contributed by atoms with Gasteiger partial charge in [-0.25, -0.2) is 9.61 Å². The molecule has 1 N–H and O–H groups in total. The van der Waals surface area contributed by atoms with Gasteiger partial charge in [0.15, 0.2) is 0 Å². The maximum atomic E-state index is 12.6. The van der Waals surface area contributed by atoms with Crippen LogP contribution in [0, 0.1) is 0 Å². The van der Waals surface area contributed by atoms with E-state index in [0.717, 1.165) is 59.5 Å². The van der Waals surface area contributed by atoms with E-state index in [4.69, 9.17) is 5.10 Å². The van der Waals surface area contributed by atoms with Gasteiger partial charge in [0.05, 0.1) is 16.8 Å². The molecule has 0 saturated carbocycles. The molecule has 1 aliphatic rings. The average molecular weight is 385 g/mol. The van der Waals surface area contributed by atoms with Gasteiger partial charge in [-0.3, -0.25) is 4.79 Å². The smallest absolute Gasteiger partial charge is 0.267 e. The fourth-order valence-electron chi connectivity index (χ4n) is 4.32. The van der Waals surface area contributed by atoms with E-state index in [9.17, 15) is 4.79 Å². The monoisotopic (exact) mass is 385 g/mol. The van der Waals surface area contributed by atoms with E-state index in [-0.39, 0.29) is 11.5 Å². The molecule has 6 nitrogen and oxygen atoms in total. The second-order valence-electron chi connectivity index (χ2n) is 7.76. The highest BCUT2D eigenvalue weighted by Crippen LogP contribution is 2.35. The van der Waals surface area contributed by atoms with Crippen molar-refractivity contribution in [1.29, 1.82) is 0 Å². The highest BCUT2D eigenvalue weighted by atomic mass is 16.1. The topological polar surface area (TPSA) is 66.3 Å². The zero-order valence-electron chi connectivity index (χ0n) is 16.4. The third-order valence-electron chi connectivity index (χ3n) is 5.74. The van der Waals surface area contributed by atoms with Crippen molar-refractivity contribution in [2.75, 3.05) is 20.1 Å². The van der Waals surface area contributed by atoms with Crippen molar-refractivity contribution < 1.29 is 0 Å². The summed E-state index contributed by atoms with van der Waals surface area (Å²) in [5.74, 6) is 0.223. The number of H-pyrrole nitrogens is 1. The van der Waals surface area contributed by atoms with Gasteiger partial charge in [0.1, 0.15) is 5.69 Å². The molecule has 1 aliphatic heterocycles. The molecule has 0 radical (unpaired) electrons. The second-order valence-corrected chi connectivity index (χ2v) is 7.76. The van der Waals surface area contributed by atoms with Crippen LogP contribution in [0.3, 0.4) is 0 Å². The maximum absolute atomic E-state index is 12.6. The molecule has 146 valence electrons. The van der Waals surface area contributed by atoms with Crippen LogP contribution in [-0.4, -0.2) is 44.8 Å². The van der Waals surface area contributed by atoms with Gasteiger partial charge in [0.25, 0.3) is 5.56 Å². The highest BCUT2D eigenvalue weighted by molar-refractivity contribution is 5.90. The molecule has 5 rings (SSSR count). The Balaban J connectivity index is 1.70. The van der Waals surface area contributed by atoms with Gasteiger partial charge in [0, 0.05) is 29.8 Å². The van der Waals surface area contributed by atoms with Crippen LogP contribution in [0.4, 0.5) is 0 Å². The van der Waals surface area contributed by atoms with Crippen LogP contribution in [0.2, 0.25) is 0 Å². The quantitative estimate of drug-likeness (QED) is 0.586. The number of rotatable bonds is 3. The summed E-state index contributed by atoms with van der Waals surface area (Å²) in [6.07, 6.45) is 4.06. The number of likely N-dealkylation sites (N-methyl/N-ethyl adjacent to an activating group) is 1. The zero-order chi connectivity index (χ0) is 19.8. The molecule has 0 aliphatic carbocycles. The molecule has 6 heteroatoms. The number of nitrogens with one attached hydrogen (secondary N) is 1. The Hall–Kier alpha value is -3.25. The molecule has 1 atom stereocenters. The van der Waals surface area contributed by atoms with Crippen molar-refractivity contribution in [2.45, 2.75) is 18.8 Å². The van der Waals surface area contributed by atoms with Crippen molar-refractivity contribution in [1.82, 2.24) is 24.7 Å². The molecule has 1 unspecified atom stereocenters. The van der Waals surface area contributed by atoms with E-state index in [1.807, 2.05) is 65.3 Å². The minimum atomic E-state index is -0.0909. The predicted octanol–water partition coefficient (Wildman–Crippen LogP) is 3.56. The number of fused-ring (bicyclic) bond motifs is 1. The van der Waals surface area contributed by atoms with E-state index >= 15 is 0 Å². The standard InChI is InChI=1S/C23H23N5O/c1-27-12-7-10-17(15-27)18-14-19(24-25-23(18)29)21-20-11-5-6-13-28(20)26-22(21)16-8-3-2-4-9-16/h2-6,8-9,11,13-14,17H,7,10,12,15H2,1H3,(H,25,29). The summed E-state index contributed by atoms with van der Waals surface area (Å²) >= 11 is 0. The molecule has 4 heterocycles. The third kappa shape index (κ3) is 3.25. The molecule has 3 aromatic heterocycles. The number of hydrogen-bond acceptors (Lipinski definition) is 4. The first kappa shape index (κ1) is 17.8. The Bertz CT molecular complexity index is 1210. The Morgan fingerprint density at radius 1 is 1.10 bits per heavy atom. The molecular weight excluding hydrogens is 362 g/mol. The van der Waals surface area contributed by atoms with Gasteiger partial charge in [-0.2, -0.15) is 10.2 Å². The van der Waals surface area contributed by atoms with E-state index in [0.29, 0.717) is 0 Å². The summed E-state index contributed by atoms with van der Waals surface area (Å²) in [4.78, 5) is 14.9. The number of aromatic nitrogens is 4. The summed E-state index contributed by atoms with van der Waals surface area (Å²) in [5, 5.41) is 12.0. The molecule has 1 aromatic carbocycles. The molecule has 0 amide bonds. The van der Waals surface area contributed by atoms with Crippen molar-refractivity contribution >= 4 is 5.52 Å². The first-order chi connectivity index (χ1) is 14.2. The average Bonchev–Trinajstić information content (AvgIpc) is 3.14. The highest BCUT2D eigenvalue weighted by Gasteiger charge is 2.24. The summed E-state index contributed by atoms with van der Waals surface area (Å²) in [7, 11) is 2.11. The summed E-state index contributed by atoms with van der Waals surface area (Å²) in [5.41, 5.74) is 5.28. The van der Waals surface area contributed by atoms with Crippen LogP contribution >= 0.6 is 0 Å². The van der Waals surface area contributed by atoms with Gasteiger partial charge >= 0.3 is 0 Å². The minimum absolute atomic E-state index is 0.0909. The first-order valence-corrected chi connectivity index (χ1v) is 10.0. The number of piperidine rings is 1. The minimum Gasteiger partial charge on any atom is -0.306 e. The summed E-state index contributed by atoms with van der Waals surface area (Å²) in [6.45, 7) is 1.98. The van der Waals surface area contributed by atoms with E-state index in [2.05, 4.69) is 22.1 Å². The number of hydrogen-bond donors (Lipinski definition) is 1. The lowest BCUT2D eigenvalue weighted by atomic mass is 9.91. The summed E-state index contributed by atoms with van der Waals surface area (Å²) in [6, 6.07) is 18.1. The lowest BCUT2D eigenvalue weighted by Crippen LogP contribution is -2.33. The third-order valence-corrected chi connectivity index (χ3v) is 5.74. The van der Waals surface area contributed by atoms with Crippen molar-refractivity contribution in [3.05, 3.63) is 76.7 Å². The van der Waals surface area contributed by atoms with Crippen LogP contribution in [0.15, 0.2) is 65.6 Å². The van der Waals surface area contributed by atoms with Crippen LogP contribution in [-0.2, 0) is 0 Å². The second kappa shape index (κ2) is 7.29. The van der Waals surface area contributed by atoms with Crippen molar-refractivity contribution in [2.24, 2.45) is 0 Å². The molecule has 0 spiro atoms. The number of pyridine rings is 1. The number of aromatic amines is 1. The fraction of sp³-hybridized carbons (Fsp3) is 0.261. The van der Waals surface area contributed by atoms with Gasteiger partial charge < -0.3 is 4.90 Å². The number of nitrogens with zero attached hydrogens (tertiary/aromatic N) is 4. The van der Waals surface area contributed by atoms with Crippen LogP contribution < -0.4 is 5.56 Å². The maximum Gasteiger partial charge on any atom is 0.267 e. The molecule has 29 heavy (non-hydrogen) atoms. The predicted molar refractivity (Wildman–Crippen MR) is 114 cm³/mol. The summed E-state index contributed by atoms with van der Waals surface area (Å²) < 4.78 is 1.87. The molecular formula is C23H23N5O. The van der Waals surface area contributed by atoms with Gasteiger partial charge in [-0.05, 0) is 44.6 Å². The largest absolute Gasteiger partial charge is 0.306 e. The van der Waals surface area contributed by atoms with E-state index < -0.39 is 0 Å². The van der Waals surface area contributed by atoms with Gasteiger partial charge in [0.2, 0.25) is 0 Å². The SMILES string of the molecule is CN1CCCC(c2cc(-c3c(-c4ccccc4)nn4ccccc34)n[nH]c2=O)C1. The lowest BCUT2D eigenvalue weighted by Gasteiger charge is -2.29. The Kier molecular flexibility index (Phi) is 4.48. The fourth-order valence-corrected chi connectivity index (χ4v) is 4.32. The molecule has 1 fully saturated rings. The van der Waals surface area contributed by atoms with Crippen LogP contribution in [0.25, 0.3) is 28.0 Å². The molecule has 4 aromatic rings. The molecule has 0 bridgehead atoms. The Morgan fingerprint density at radius 3 is 2.76 bits per heavy atom. The Morgan fingerprint density at radius 2 is 1.93 bits per heavy atom. The first-order valence-electron chi connectivity index (χ1n) is 10.0.